The number of hydrogen-bond acceptors (Lipinski definition) is 5. The summed E-state index contributed by atoms with van der Waals surface area (Å²) in [4.78, 5) is 27.4. The normalized spacial score (nSPS) is 26.3. The van der Waals surface area contributed by atoms with Gasteiger partial charge in [-0.25, -0.2) is 4.79 Å². The molecule has 30 heavy (non-hydrogen) atoms. The number of hydrogen-bond donors (Lipinski definition) is 2. The number of ether oxygens (including phenoxy) is 1. The van der Waals surface area contributed by atoms with Crippen molar-refractivity contribution in [2.24, 2.45) is 17.8 Å². The van der Waals surface area contributed by atoms with Crippen LogP contribution >= 0.6 is 0 Å². The van der Waals surface area contributed by atoms with Gasteiger partial charge in [0, 0.05) is 43.9 Å². The average Bonchev–Trinajstić information content (AvgIpc) is 3.48. The van der Waals surface area contributed by atoms with Crippen molar-refractivity contribution in [1.29, 1.82) is 0 Å². The predicted octanol–water partition coefficient (Wildman–Crippen LogP) is 2.08. The minimum absolute atomic E-state index is 0.211. The third kappa shape index (κ3) is 6.40. The molecular formula is C20H26F3N3O4. The number of amides is 1. The molecule has 1 aromatic heterocycles. The molecule has 0 spiro atoms. The maximum atomic E-state index is 11.8. The van der Waals surface area contributed by atoms with Crippen LogP contribution in [0.1, 0.15) is 24.8 Å². The number of carboxylic acid groups (broad SMARTS) is 1. The number of nitrogens with one attached hydrogen (secondary N) is 1. The second-order valence-electron chi connectivity index (χ2n) is 8.00. The van der Waals surface area contributed by atoms with E-state index in [1.165, 1.54) is 5.56 Å². The van der Waals surface area contributed by atoms with Crippen molar-refractivity contribution in [3.63, 3.8) is 0 Å². The molecule has 10 heteroatoms. The Morgan fingerprint density at radius 2 is 2.03 bits per heavy atom. The Balaban J connectivity index is 0.000000318. The summed E-state index contributed by atoms with van der Waals surface area (Å²) in [6.07, 6.45) is 2.19. The van der Waals surface area contributed by atoms with Gasteiger partial charge >= 0.3 is 12.1 Å². The number of carbonyl (C=O) groups is 2. The highest BCUT2D eigenvalue weighted by atomic mass is 19.4. The van der Waals surface area contributed by atoms with E-state index < -0.39 is 12.1 Å². The number of rotatable bonds is 5. The summed E-state index contributed by atoms with van der Waals surface area (Å²) >= 11 is 0. The van der Waals surface area contributed by atoms with Crippen LogP contribution in [-0.2, 0) is 20.9 Å². The topological polar surface area (TPSA) is 91.8 Å². The third-order valence-corrected chi connectivity index (χ3v) is 5.68. The van der Waals surface area contributed by atoms with Gasteiger partial charge in [-0.3, -0.25) is 14.7 Å². The summed E-state index contributed by atoms with van der Waals surface area (Å²) in [5, 5.41) is 10.2. The number of carboxylic acids is 1. The fourth-order valence-corrected chi connectivity index (χ4v) is 3.96. The molecule has 2 saturated heterocycles. The summed E-state index contributed by atoms with van der Waals surface area (Å²) < 4.78 is 37.7. The van der Waals surface area contributed by atoms with Crippen LogP contribution in [0.3, 0.4) is 0 Å². The van der Waals surface area contributed by atoms with Crippen molar-refractivity contribution in [1.82, 2.24) is 15.2 Å². The Labute approximate surface area is 172 Å². The quantitative estimate of drug-likeness (QED) is 0.745. The zero-order valence-electron chi connectivity index (χ0n) is 16.5. The highest BCUT2D eigenvalue weighted by Crippen LogP contribution is 2.35. The van der Waals surface area contributed by atoms with Crippen molar-refractivity contribution in [2.45, 2.75) is 38.1 Å². The van der Waals surface area contributed by atoms with E-state index in [0.29, 0.717) is 18.4 Å². The van der Waals surface area contributed by atoms with Crippen LogP contribution in [-0.4, -0.2) is 65.4 Å². The van der Waals surface area contributed by atoms with Gasteiger partial charge < -0.3 is 15.2 Å². The molecule has 1 aromatic rings. The van der Waals surface area contributed by atoms with Crippen LogP contribution in [0.5, 0.6) is 0 Å². The molecule has 166 valence electrons. The zero-order chi connectivity index (χ0) is 21.7. The minimum Gasteiger partial charge on any atom is -0.475 e. The molecule has 1 amide bonds. The molecule has 0 radical (unpaired) electrons. The first-order valence-electron chi connectivity index (χ1n) is 10.0. The molecule has 3 fully saturated rings. The van der Waals surface area contributed by atoms with Crippen LogP contribution < -0.4 is 5.32 Å². The first kappa shape index (κ1) is 22.5. The number of fused-ring (bicyclic) bond motifs is 1. The standard InChI is InChI=1S/C18H25N3O2.C2HF3O2/c22-18(14-3-4-14)20-9-17-16-5-7-21(11-15(16)12-23-17)10-13-2-1-6-19-8-13;3-2(4,5)1(6)7/h1-2,6,8,14-17H,3-5,7,9-12H2,(H,20,22);(H,6,7)/t15-,16-,17-;/m0./s1. The third-order valence-electron chi connectivity index (χ3n) is 5.68. The summed E-state index contributed by atoms with van der Waals surface area (Å²) in [6, 6.07) is 4.14. The van der Waals surface area contributed by atoms with E-state index in [9.17, 15) is 18.0 Å². The molecule has 4 rings (SSSR count). The fourth-order valence-electron chi connectivity index (χ4n) is 3.96. The predicted molar refractivity (Wildman–Crippen MR) is 100 cm³/mol. The Kier molecular flexibility index (Phi) is 7.30. The van der Waals surface area contributed by atoms with Gasteiger partial charge in [-0.05, 0) is 43.4 Å². The van der Waals surface area contributed by atoms with Gasteiger partial charge in [0.05, 0.1) is 12.7 Å². The van der Waals surface area contributed by atoms with Gasteiger partial charge in [-0.2, -0.15) is 13.2 Å². The molecule has 7 nitrogen and oxygen atoms in total. The number of piperidine rings is 1. The average molecular weight is 429 g/mol. The zero-order valence-corrected chi connectivity index (χ0v) is 16.5. The van der Waals surface area contributed by atoms with Crippen molar-refractivity contribution in [3.05, 3.63) is 30.1 Å². The van der Waals surface area contributed by atoms with E-state index in [4.69, 9.17) is 14.6 Å². The number of halogens is 3. The number of alkyl halides is 3. The molecule has 0 unspecified atom stereocenters. The highest BCUT2D eigenvalue weighted by molar-refractivity contribution is 5.80. The first-order valence-corrected chi connectivity index (χ1v) is 10.0. The lowest BCUT2D eigenvalue weighted by atomic mass is 9.84. The van der Waals surface area contributed by atoms with Gasteiger partial charge in [-0.1, -0.05) is 6.07 Å². The van der Waals surface area contributed by atoms with E-state index in [2.05, 4.69) is 21.3 Å². The van der Waals surface area contributed by atoms with Gasteiger partial charge in [0.1, 0.15) is 0 Å². The molecule has 3 atom stereocenters. The van der Waals surface area contributed by atoms with Gasteiger partial charge in [-0.15, -0.1) is 0 Å². The van der Waals surface area contributed by atoms with Crippen molar-refractivity contribution >= 4 is 11.9 Å². The molecule has 2 N–H and O–H groups in total. The molecule has 0 aromatic carbocycles. The van der Waals surface area contributed by atoms with E-state index in [-0.39, 0.29) is 17.9 Å². The largest absolute Gasteiger partial charge is 0.490 e. The van der Waals surface area contributed by atoms with E-state index >= 15 is 0 Å². The Bertz CT molecular complexity index is 728. The number of likely N-dealkylation sites (tertiary alicyclic amines) is 1. The monoisotopic (exact) mass is 429 g/mol. The molecule has 2 aliphatic heterocycles. The Morgan fingerprint density at radius 1 is 1.30 bits per heavy atom. The number of aromatic nitrogens is 1. The lowest BCUT2D eigenvalue weighted by Crippen LogP contribution is -2.43. The number of aliphatic carboxylic acids is 1. The van der Waals surface area contributed by atoms with Crippen LogP contribution in [0.15, 0.2) is 24.5 Å². The second kappa shape index (κ2) is 9.74. The van der Waals surface area contributed by atoms with Gasteiger partial charge in [0.25, 0.3) is 0 Å². The van der Waals surface area contributed by atoms with E-state index in [1.807, 2.05) is 18.5 Å². The van der Waals surface area contributed by atoms with Gasteiger partial charge in [0.2, 0.25) is 5.91 Å². The molecule has 1 saturated carbocycles. The van der Waals surface area contributed by atoms with Crippen molar-refractivity contribution < 1.29 is 32.6 Å². The second-order valence-corrected chi connectivity index (χ2v) is 8.00. The lowest BCUT2D eigenvalue weighted by Gasteiger charge is -2.35. The first-order chi connectivity index (χ1) is 14.2. The SMILES string of the molecule is O=C(NC[C@@H]1OC[C@@H]2CN(Cc3cccnc3)CC[C@@H]21)C1CC1.O=C(O)C(F)(F)F. The number of nitrogens with zero attached hydrogens (tertiary/aromatic N) is 2. The van der Waals surface area contributed by atoms with E-state index in [0.717, 1.165) is 45.5 Å². The fraction of sp³-hybridized carbons (Fsp3) is 0.650. The maximum absolute atomic E-state index is 11.8. The summed E-state index contributed by atoms with van der Waals surface area (Å²) in [5.41, 5.74) is 1.28. The smallest absolute Gasteiger partial charge is 0.475 e. The van der Waals surface area contributed by atoms with Gasteiger partial charge in [0.15, 0.2) is 0 Å². The number of carbonyl (C=O) groups excluding carboxylic acids is 1. The molecule has 1 aliphatic carbocycles. The lowest BCUT2D eigenvalue weighted by molar-refractivity contribution is -0.192. The summed E-state index contributed by atoms with van der Waals surface area (Å²) in [6.45, 7) is 4.69. The molecule has 3 heterocycles. The highest BCUT2D eigenvalue weighted by Gasteiger charge is 2.41. The van der Waals surface area contributed by atoms with Crippen LogP contribution in [0.2, 0.25) is 0 Å². The van der Waals surface area contributed by atoms with Crippen LogP contribution in [0, 0.1) is 17.8 Å². The Hall–Kier alpha value is -2.20. The van der Waals surface area contributed by atoms with Crippen LogP contribution in [0.4, 0.5) is 13.2 Å². The molecule has 3 aliphatic rings. The van der Waals surface area contributed by atoms with Crippen molar-refractivity contribution in [3.8, 4) is 0 Å². The summed E-state index contributed by atoms with van der Waals surface area (Å²) in [7, 11) is 0. The molecular weight excluding hydrogens is 403 g/mol. The summed E-state index contributed by atoms with van der Waals surface area (Å²) in [5.74, 6) is -1.05. The van der Waals surface area contributed by atoms with Crippen LogP contribution in [0.25, 0.3) is 0 Å². The minimum atomic E-state index is -5.08. The van der Waals surface area contributed by atoms with Crippen molar-refractivity contribution in [2.75, 3.05) is 26.2 Å². The molecule has 0 bridgehead atoms. The maximum Gasteiger partial charge on any atom is 0.490 e. The van der Waals surface area contributed by atoms with E-state index in [1.54, 1.807) is 0 Å². The Morgan fingerprint density at radius 3 is 2.63 bits per heavy atom. The number of pyridine rings is 1.